The molecule has 34 heavy (non-hydrogen) atoms. The van der Waals surface area contributed by atoms with Gasteiger partial charge in [0.05, 0.1) is 92.5 Å². The second kappa shape index (κ2) is 23.0. The minimum absolute atomic E-state index is 0.637. The van der Waals surface area contributed by atoms with Gasteiger partial charge in [0.15, 0.2) is 0 Å². The van der Waals surface area contributed by atoms with Gasteiger partial charge in [0.1, 0.15) is 0 Å². The molecule has 2 aliphatic heterocycles. The monoisotopic (exact) mass is 492 g/mol. The Kier molecular flexibility index (Phi) is 20.2. The highest BCUT2D eigenvalue weighted by Crippen LogP contribution is 1.98. The van der Waals surface area contributed by atoms with E-state index in [9.17, 15) is 0 Å². The molecule has 0 unspecified atom stereocenters. The molecule has 0 amide bonds. The van der Waals surface area contributed by atoms with E-state index in [0.717, 1.165) is 91.8 Å². The molecule has 202 valence electrons. The second-order valence-electron chi connectivity index (χ2n) is 8.29. The third-order valence-electron chi connectivity index (χ3n) is 5.59. The molecular formula is C24H48N2O8. The van der Waals surface area contributed by atoms with E-state index in [4.69, 9.17) is 37.9 Å². The molecule has 2 fully saturated rings. The Morgan fingerprint density at radius 1 is 0.382 bits per heavy atom. The van der Waals surface area contributed by atoms with E-state index in [1.165, 1.54) is 0 Å². The van der Waals surface area contributed by atoms with E-state index in [1.54, 1.807) is 0 Å². The Morgan fingerprint density at radius 2 is 0.676 bits per heavy atom. The molecule has 0 spiro atoms. The number of ether oxygens (including phenoxy) is 8. The van der Waals surface area contributed by atoms with Gasteiger partial charge in [-0.2, -0.15) is 0 Å². The van der Waals surface area contributed by atoms with E-state index in [0.29, 0.717) is 66.1 Å². The summed E-state index contributed by atoms with van der Waals surface area (Å²) in [7, 11) is 0. The van der Waals surface area contributed by atoms with Crippen molar-refractivity contribution in [2.24, 2.45) is 0 Å². The van der Waals surface area contributed by atoms with Crippen LogP contribution in [0.1, 0.15) is 12.8 Å². The van der Waals surface area contributed by atoms with Crippen LogP contribution >= 0.6 is 0 Å². The predicted molar refractivity (Wildman–Crippen MR) is 129 cm³/mol. The zero-order valence-electron chi connectivity index (χ0n) is 21.1. The lowest BCUT2D eigenvalue weighted by Gasteiger charge is -2.23. The third kappa shape index (κ3) is 18.0. The molecule has 2 saturated heterocycles. The Labute approximate surface area is 206 Å². The minimum atomic E-state index is 0.637. The predicted octanol–water partition coefficient (Wildman–Crippen LogP) is 0.531. The molecule has 10 nitrogen and oxygen atoms in total. The molecule has 0 aromatic rings. The molecule has 2 aliphatic rings. The summed E-state index contributed by atoms with van der Waals surface area (Å²) in [6.45, 7) is 16.4. The van der Waals surface area contributed by atoms with Crippen molar-refractivity contribution in [1.82, 2.24) is 9.80 Å². The fraction of sp³-hybridized carbons (Fsp3) is 1.00. The van der Waals surface area contributed by atoms with Gasteiger partial charge in [-0.25, -0.2) is 0 Å². The number of rotatable bonds is 11. The van der Waals surface area contributed by atoms with Crippen molar-refractivity contribution in [1.29, 1.82) is 0 Å². The van der Waals surface area contributed by atoms with Crippen LogP contribution < -0.4 is 0 Å². The van der Waals surface area contributed by atoms with Gasteiger partial charge in [-0.05, 0) is 12.8 Å². The highest BCUT2D eigenvalue weighted by Gasteiger charge is 2.08. The molecule has 0 bridgehead atoms. The lowest BCUT2D eigenvalue weighted by molar-refractivity contribution is -0.00866. The van der Waals surface area contributed by atoms with Gasteiger partial charge < -0.3 is 37.9 Å². The van der Waals surface area contributed by atoms with Crippen LogP contribution in [-0.2, 0) is 37.9 Å². The summed E-state index contributed by atoms with van der Waals surface area (Å²) in [5, 5.41) is 0. The van der Waals surface area contributed by atoms with Crippen molar-refractivity contribution < 1.29 is 37.9 Å². The highest BCUT2D eigenvalue weighted by molar-refractivity contribution is 4.59. The third-order valence-corrected chi connectivity index (χ3v) is 5.59. The Bertz CT molecular complexity index is 374. The number of hydrogen-bond acceptors (Lipinski definition) is 10. The first-order valence-corrected chi connectivity index (χ1v) is 13.0. The molecule has 0 saturated carbocycles. The molecule has 0 aromatic heterocycles. The van der Waals surface area contributed by atoms with Crippen LogP contribution in [0.15, 0.2) is 0 Å². The van der Waals surface area contributed by atoms with E-state index in [1.807, 2.05) is 0 Å². The largest absolute Gasteiger partial charge is 0.379 e. The average molecular weight is 493 g/mol. The SMILES string of the molecule is C(COCCOCCCN1CCOCCOCCOCC1)CN1CCOCCOCCOCC1. The van der Waals surface area contributed by atoms with Crippen molar-refractivity contribution in [2.75, 3.05) is 145 Å². The zero-order chi connectivity index (χ0) is 23.8. The van der Waals surface area contributed by atoms with Crippen LogP contribution in [0.4, 0.5) is 0 Å². The van der Waals surface area contributed by atoms with Gasteiger partial charge in [0.2, 0.25) is 0 Å². The number of nitrogens with zero attached hydrogens (tertiary/aromatic N) is 2. The molecule has 0 aromatic carbocycles. The van der Waals surface area contributed by atoms with Crippen molar-refractivity contribution in [3.05, 3.63) is 0 Å². The standard InChI is InChI=1S/C24H48N2O8/c1(3-25-5-11-29-17-21-33-22-18-30-12-6-25)9-27-15-16-28-10-2-4-26-7-13-31-19-23-34-24-20-32-14-8-26/h1-24H2. The van der Waals surface area contributed by atoms with E-state index in [2.05, 4.69) is 9.80 Å². The molecule has 10 heteroatoms. The Morgan fingerprint density at radius 3 is 1.00 bits per heavy atom. The fourth-order valence-corrected chi connectivity index (χ4v) is 3.63. The first-order chi connectivity index (χ1) is 16.9. The Balaban J connectivity index is 1.41. The summed E-state index contributed by atoms with van der Waals surface area (Å²) in [5.74, 6) is 0. The van der Waals surface area contributed by atoms with Crippen molar-refractivity contribution >= 4 is 0 Å². The van der Waals surface area contributed by atoms with Gasteiger partial charge in [-0.1, -0.05) is 0 Å². The summed E-state index contributed by atoms with van der Waals surface area (Å²) < 4.78 is 44.8. The first kappa shape index (κ1) is 29.8. The molecule has 0 atom stereocenters. The van der Waals surface area contributed by atoms with Crippen LogP contribution in [0.3, 0.4) is 0 Å². The van der Waals surface area contributed by atoms with Crippen molar-refractivity contribution in [2.45, 2.75) is 12.8 Å². The van der Waals surface area contributed by atoms with Gasteiger partial charge in [0.25, 0.3) is 0 Å². The van der Waals surface area contributed by atoms with Gasteiger partial charge in [0, 0.05) is 52.5 Å². The second-order valence-corrected chi connectivity index (χ2v) is 8.29. The normalized spacial score (nSPS) is 22.2. The maximum absolute atomic E-state index is 5.75. The molecule has 2 rings (SSSR count). The van der Waals surface area contributed by atoms with E-state index in [-0.39, 0.29) is 0 Å². The highest BCUT2D eigenvalue weighted by atomic mass is 16.6. The van der Waals surface area contributed by atoms with Crippen LogP contribution in [0.2, 0.25) is 0 Å². The van der Waals surface area contributed by atoms with Crippen LogP contribution in [0.25, 0.3) is 0 Å². The summed E-state index contributed by atoms with van der Waals surface area (Å²) >= 11 is 0. The van der Waals surface area contributed by atoms with Crippen molar-refractivity contribution in [3.63, 3.8) is 0 Å². The molecule has 0 aliphatic carbocycles. The van der Waals surface area contributed by atoms with Gasteiger partial charge in [-0.15, -0.1) is 0 Å². The summed E-state index contributed by atoms with van der Waals surface area (Å²) in [5.41, 5.74) is 0. The van der Waals surface area contributed by atoms with Crippen LogP contribution in [0.5, 0.6) is 0 Å². The maximum atomic E-state index is 5.75. The smallest absolute Gasteiger partial charge is 0.0701 e. The van der Waals surface area contributed by atoms with E-state index < -0.39 is 0 Å². The molecule has 2 heterocycles. The summed E-state index contributed by atoms with van der Waals surface area (Å²) in [6, 6.07) is 0. The van der Waals surface area contributed by atoms with Crippen LogP contribution in [-0.4, -0.2) is 155 Å². The Hall–Kier alpha value is -0.400. The van der Waals surface area contributed by atoms with Crippen molar-refractivity contribution in [3.8, 4) is 0 Å². The first-order valence-electron chi connectivity index (χ1n) is 13.0. The summed E-state index contributed by atoms with van der Waals surface area (Å²) in [6.07, 6.45) is 1.99. The van der Waals surface area contributed by atoms with Gasteiger partial charge in [-0.3, -0.25) is 9.80 Å². The quantitative estimate of drug-likeness (QED) is 0.381. The topological polar surface area (TPSA) is 80.3 Å². The lowest BCUT2D eigenvalue weighted by atomic mass is 10.3. The zero-order valence-corrected chi connectivity index (χ0v) is 21.1. The molecule has 0 radical (unpaired) electrons. The number of hydrogen-bond donors (Lipinski definition) is 0. The summed E-state index contributed by atoms with van der Waals surface area (Å²) in [4.78, 5) is 4.76. The van der Waals surface area contributed by atoms with Crippen LogP contribution in [0, 0.1) is 0 Å². The van der Waals surface area contributed by atoms with Gasteiger partial charge >= 0.3 is 0 Å². The average Bonchev–Trinajstić information content (AvgIpc) is 2.83. The molecule has 0 N–H and O–H groups in total. The maximum Gasteiger partial charge on any atom is 0.0701 e. The van der Waals surface area contributed by atoms with E-state index >= 15 is 0 Å². The fourth-order valence-electron chi connectivity index (χ4n) is 3.63. The lowest BCUT2D eigenvalue weighted by Crippen LogP contribution is -2.33. The molecular weight excluding hydrogens is 444 g/mol. The minimum Gasteiger partial charge on any atom is -0.379 e.